The number of aryl methyl sites for hydroxylation is 1. The minimum atomic E-state index is 0.0397. The molecule has 1 heterocycles. The van der Waals surface area contributed by atoms with Crippen molar-refractivity contribution in [2.75, 3.05) is 5.88 Å². The molecule has 1 aromatic rings. The summed E-state index contributed by atoms with van der Waals surface area (Å²) in [5.74, 6) is 1.61. The third-order valence-corrected chi connectivity index (χ3v) is 4.87. The molecule has 2 nitrogen and oxygen atoms in total. The first-order valence-electron chi connectivity index (χ1n) is 7.23. The zero-order chi connectivity index (χ0) is 14.2. The van der Waals surface area contributed by atoms with E-state index in [2.05, 4.69) is 32.3 Å². The van der Waals surface area contributed by atoms with Gasteiger partial charge < -0.3 is 4.57 Å². The number of aromatic nitrogens is 1. The summed E-state index contributed by atoms with van der Waals surface area (Å²) < 4.78 is 2.37. The Hall–Kier alpha value is -0.760. The first-order chi connectivity index (χ1) is 8.95. The van der Waals surface area contributed by atoms with E-state index in [1.54, 1.807) is 0 Å². The van der Waals surface area contributed by atoms with Gasteiger partial charge in [0.15, 0.2) is 5.78 Å². The molecule has 0 N–H and O–H groups in total. The summed E-state index contributed by atoms with van der Waals surface area (Å²) in [6, 6.07) is 2.54. The van der Waals surface area contributed by atoms with E-state index in [9.17, 15) is 4.79 Å². The molecule has 0 bridgehead atoms. The normalized spacial score (nSPS) is 27.5. The second-order valence-corrected chi connectivity index (χ2v) is 6.44. The third kappa shape index (κ3) is 2.74. The van der Waals surface area contributed by atoms with Gasteiger partial charge in [-0.15, -0.1) is 11.6 Å². The average Bonchev–Trinajstić information content (AvgIpc) is 2.65. The third-order valence-electron chi connectivity index (χ3n) is 4.62. The van der Waals surface area contributed by atoms with Gasteiger partial charge in [-0.25, -0.2) is 0 Å². The number of hydrogen-bond donors (Lipinski definition) is 0. The summed E-state index contributed by atoms with van der Waals surface area (Å²) in [6.07, 6.45) is 3.78. The van der Waals surface area contributed by atoms with Crippen molar-refractivity contribution in [3.63, 3.8) is 0 Å². The monoisotopic (exact) mass is 281 g/mol. The molecule has 1 aliphatic carbocycles. The van der Waals surface area contributed by atoms with Crippen LogP contribution in [0.1, 0.15) is 60.9 Å². The second kappa shape index (κ2) is 5.70. The fourth-order valence-electron chi connectivity index (χ4n) is 3.67. The zero-order valence-electron chi connectivity index (χ0n) is 12.4. The molecule has 3 unspecified atom stereocenters. The van der Waals surface area contributed by atoms with Gasteiger partial charge >= 0.3 is 0 Å². The molecule has 3 atom stereocenters. The van der Waals surface area contributed by atoms with Crippen LogP contribution in [0.2, 0.25) is 0 Å². The van der Waals surface area contributed by atoms with Crippen molar-refractivity contribution in [1.29, 1.82) is 0 Å². The summed E-state index contributed by atoms with van der Waals surface area (Å²) in [6.45, 7) is 8.83. The highest BCUT2D eigenvalue weighted by molar-refractivity contribution is 6.30. The maximum atomic E-state index is 11.9. The van der Waals surface area contributed by atoms with Crippen LogP contribution in [0.4, 0.5) is 0 Å². The van der Waals surface area contributed by atoms with Gasteiger partial charge in [0.05, 0.1) is 5.88 Å². The predicted octanol–water partition coefficient (Wildman–Crippen LogP) is 4.52. The number of rotatable bonds is 3. The van der Waals surface area contributed by atoms with E-state index in [0.29, 0.717) is 12.0 Å². The lowest BCUT2D eigenvalue weighted by atomic mass is 9.79. The van der Waals surface area contributed by atoms with Crippen molar-refractivity contribution in [3.8, 4) is 0 Å². The summed E-state index contributed by atoms with van der Waals surface area (Å²) >= 11 is 5.69. The molecule has 0 saturated heterocycles. The summed E-state index contributed by atoms with van der Waals surface area (Å²) in [5, 5.41) is 0. The van der Waals surface area contributed by atoms with Crippen molar-refractivity contribution < 1.29 is 4.79 Å². The Labute approximate surface area is 121 Å². The molecule has 0 spiro atoms. The van der Waals surface area contributed by atoms with Crippen molar-refractivity contribution >= 4 is 17.4 Å². The fourth-order valence-corrected chi connectivity index (χ4v) is 3.82. The molecule has 1 fully saturated rings. The average molecular weight is 282 g/mol. The summed E-state index contributed by atoms with van der Waals surface area (Å²) in [4.78, 5) is 11.9. The molecule has 0 aromatic carbocycles. The van der Waals surface area contributed by atoms with Crippen LogP contribution in [0, 0.1) is 25.7 Å². The number of nitrogens with zero attached hydrogens (tertiary/aromatic N) is 1. The molecule has 0 amide bonds. The molecule has 19 heavy (non-hydrogen) atoms. The molecule has 3 heteroatoms. The van der Waals surface area contributed by atoms with Gasteiger partial charge in [0, 0.05) is 23.0 Å². The first kappa shape index (κ1) is 14.6. The van der Waals surface area contributed by atoms with Crippen LogP contribution >= 0.6 is 11.6 Å². The highest BCUT2D eigenvalue weighted by atomic mass is 35.5. The van der Waals surface area contributed by atoms with E-state index in [1.807, 2.05) is 6.07 Å². The van der Waals surface area contributed by atoms with Crippen LogP contribution in [-0.4, -0.2) is 16.2 Å². The van der Waals surface area contributed by atoms with Crippen LogP contribution in [-0.2, 0) is 0 Å². The summed E-state index contributed by atoms with van der Waals surface area (Å²) in [7, 11) is 0. The van der Waals surface area contributed by atoms with E-state index in [0.717, 1.165) is 17.2 Å². The number of halogens is 1. The van der Waals surface area contributed by atoms with Gasteiger partial charge in [-0.3, -0.25) is 4.79 Å². The first-order valence-corrected chi connectivity index (χ1v) is 7.76. The standard InChI is InChI=1S/C16H24ClNO/c1-10-5-6-15(11(2)7-10)18-12(3)8-14(13(18)4)16(19)9-17/h8,10-11,15H,5-7,9H2,1-4H3. The number of hydrogen-bond acceptors (Lipinski definition) is 1. The van der Waals surface area contributed by atoms with Crippen molar-refractivity contribution in [1.82, 2.24) is 4.57 Å². The topological polar surface area (TPSA) is 22.0 Å². The Balaban J connectivity index is 2.35. The predicted molar refractivity (Wildman–Crippen MR) is 80.2 cm³/mol. The van der Waals surface area contributed by atoms with Crippen LogP contribution in [0.15, 0.2) is 6.07 Å². The van der Waals surface area contributed by atoms with Crippen molar-refractivity contribution in [2.45, 2.75) is 53.0 Å². The van der Waals surface area contributed by atoms with Gasteiger partial charge in [0.1, 0.15) is 0 Å². The van der Waals surface area contributed by atoms with Gasteiger partial charge in [-0.1, -0.05) is 13.8 Å². The largest absolute Gasteiger partial charge is 0.345 e. The molecule has 0 radical (unpaired) electrons. The molecule has 106 valence electrons. The van der Waals surface area contributed by atoms with E-state index in [1.165, 1.54) is 25.0 Å². The number of carbonyl (C=O) groups excluding carboxylic acids is 1. The van der Waals surface area contributed by atoms with Crippen molar-refractivity contribution in [2.24, 2.45) is 11.8 Å². The molecule has 1 aliphatic rings. The zero-order valence-corrected chi connectivity index (χ0v) is 13.1. The number of Topliss-reactive ketones (excluding diaryl/α,β-unsaturated/α-hetero) is 1. The Bertz CT molecular complexity index is 477. The Morgan fingerprint density at radius 3 is 2.63 bits per heavy atom. The van der Waals surface area contributed by atoms with E-state index in [-0.39, 0.29) is 11.7 Å². The van der Waals surface area contributed by atoms with Crippen LogP contribution in [0.5, 0.6) is 0 Å². The Morgan fingerprint density at radius 1 is 1.37 bits per heavy atom. The molecule has 2 rings (SSSR count). The maximum Gasteiger partial charge on any atom is 0.179 e. The number of carbonyl (C=O) groups is 1. The SMILES string of the molecule is Cc1cc(C(=O)CCl)c(C)n1C1CCC(C)CC1C. The molecule has 1 saturated carbocycles. The molecule has 0 aliphatic heterocycles. The van der Waals surface area contributed by atoms with E-state index < -0.39 is 0 Å². The summed E-state index contributed by atoms with van der Waals surface area (Å²) in [5.41, 5.74) is 3.09. The molecular formula is C16H24ClNO. The smallest absolute Gasteiger partial charge is 0.179 e. The Morgan fingerprint density at radius 2 is 2.05 bits per heavy atom. The lowest BCUT2D eigenvalue weighted by molar-refractivity contribution is 0.102. The molecular weight excluding hydrogens is 258 g/mol. The van der Waals surface area contributed by atoms with Crippen molar-refractivity contribution in [3.05, 3.63) is 23.0 Å². The van der Waals surface area contributed by atoms with Crippen LogP contribution < -0.4 is 0 Å². The van der Waals surface area contributed by atoms with Gasteiger partial charge in [-0.2, -0.15) is 0 Å². The lowest BCUT2D eigenvalue weighted by Crippen LogP contribution is -2.26. The van der Waals surface area contributed by atoms with E-state index in [4.69, 9.17) is 11.6 Å². The van der Waals surface area contributed by atoms with E-state index >= 15 is 0 Å². The number of ketones is 1. The maximum absolute atomic E-state index is 11.9. The fraction of sp³-hybridized carbons (Fsp3) is 0.688. The lowest BCUT2D eigenvalue weighted by Gasteiger charge is -2.35. The molecule has 1 aromatic heterocycles. The highest BCUT2D eigenvalue weighted by Crippen LogP contribution is 2.39. The van der Waals surface area contributed by atoms with Gasteiger partial charge in [0.25, 0.3) is 0 Å². The number of alkyl halides is 1. The quantitative estimate of drug-likeness (QED) is 0.590. The highest BCUT2D eigenvalue weighted by Gasteiger charge is 2.29. The minimum Gasteiger partial charge on any atom is -0.345 e. The minimum absolute atomic E-state index is 0.0397. The van der Waals surface area contributed by atoms with Gasteiger partial charge in [0.2, 0.25) is 0 Å². The van der Waals surface area contributed by atoms with Crippen LogP contribution in [0.3, 0.4) is 0 Å². The second-order valence-electron chi connectivity index (χ2n) is 6.17. The van der Waals surface area contributed by atoms with Gasteiger partial charge in [-0.05, 0) is 51.0 Å². The van der Waals surface area contributed by atoms with Crippen LogP contribution in [0.25, 0.3) is 0 Å². The Kier molecular flexibility index (Phi) is 4.39.